The number of rotatable bonds is 9. The number of hydrogen-bond acceptors (Lipinski definition) is 7. The molecule has 3 rings (SSSR count). The molecule has 0 aliphatic carbocycles. The molecule has 174 valence electrons. The molecule has 0 aliphatic heterocycles. The topological polar surface area (TPSA) is 78.0 Å². The number of aromatic nitrogens is 1. The van der Waals surface area contributed by atoms with Crippen molar-refractivity contribution in [3.8, 4) is 11.5 Å². The molecule has 0 saturated heterocycles. The van der Waals surface area contributed by atoms with E-state index in [9.17, 15) is 9.59 Å². The summed E-state index contributed by atoms with van der Waals surface area (Å²) in [6.45, 7) is 4.16. The molecule has 1 heterocycles. The van der Waals surface area contributed by atoms with E-state index >= 15 is 0 Å². The molecule has 0 aliphatic rings. The normalized spacial score (nSPS) is 12.0. The Balaban J connectivity index is 1.60. The van der Waals surface area contributed by atoms with Crippen LogP contribution in [-0.4, -0.2) is 48.6 Å². The number of ether oxygens (including phenoxy) is 3. The van der Waals surface area contributed by atoms with E-state index < -0.39 is 12.1 Å². The molecule has 0 spiro atoms. The number of amides is 1. The summed E-state index contributed by atoms with van der Waals surface area (Å²) in [6, 6.07) is 11.1. The molecular weight excluding hydrogens is 464 g/mol. The highest BCUT2D eigenvalue weighted by Gasteiger charge is 2.22. The molecule has 1 atom stereocenters. The summed E-state index contributed by atoms with van der Waals surface area (Å²) in [5.74, 6) is -0.0644. The maximum Gasteiger partial charge on any atom is 0.331 e. The number of methoxy groups -OCH3 is 1. The standard InChI is InChI=1S/C24H25ClN2O5S/c1-5-31-19-13-16(12-17(25)23(19)30-4)10-11-22(28)32-15(2)24(29)27(3)14-21-26-18-8-6-7-9-20(18)33-21/h6-13,15H,5,14H2,1-4H3/b11-10+. The highest BCUT2D eigenvalue weighted by molar-refractivity contribution is 7.18. The molecule has 2 aromatic carbocycles. The molecule has 0 N–H and O–H groups in total. The van der Waals surface area contributed by atoms with Gasteiger partial charge in [0.2, 0.25) is 0 Å². The monoisotopic (exact) mass is 488 g/mol. The minimum Gasteiger partial charge on any atom is -0.491 e. The zero-order valence-corrected chi connectivity index (χ0v) is 20.4. The van der Waals surface area contributed by atoms with Crippen molar-refractivity contribution in [2.24, 2.45) is 0 Å². The van der Waals surface area contributed by atoms with Gasteiger partial charge in [-0.25, -0.2) is 9.78 Å². The van der Waals surface area contributed by atoms with E-state index in [1.807, 2.05) is 31.2 Å². The zero-order chi connectivity index (χ0) is 24.0. The minimum absolute atomic E-state index is 0.317. The van der Waals surface area contributed by atoms with Crippen molar-refractivity contribution in [3.05, 3.63) is 58.1 Å². The van der Waals surface area contributed by atoms with Crippen LogP contribution in [0.5, 0.6) is 11.5 Å². The Kier molecular flexibility index (Phi) is 8.30. The lowest BCUT2D eigenvalue weighted by atomic mass is 10.2. The van der Waals surface area contributed by atoms with Crippen molar-refractivity contribution >= 4 is 51.1 Å². The number of nitrogens with zero attached hydrogens (tertiary/aromatic N) is 2. The molecule has 0 radical (unpaired) electrons. The second-order valence-electron chi connectivity index (χ2n) is 7.15. The average molecular weight is 489 g/mol. The van der Waals surface area contributed by atoms with E-state index in [1.54, 1.807) is 26.1 Å². The highest BCUT2D eigenvalue weighted by atomic mass is 35.5. The quantitative estimate of drug-likeness (QED) is 0.313. The molecule has 0 saturated carbocycles. The number of carbonyl (C=O) groups excluding carboxylic acids is 2. The number of fused-ring (bicyclic) bond motifs is 1. The van der Waals surface area contributed by atoms with Gasteiger partial charge in [0.25, 0.3) is 5.91 Å². The molecule has 1 aromatic heterocycles. The van der Waals surface area contributed by atoms with E-state index in [2.05, 4.69) is 4.98 Å². The van der Waals surface area contributed by atoms with Crippen molar-refractivity contribution in [1.29, 1.82) is 0 Å². The van der Waals surface area contributed by atoms with Crippen LogP contribution >= 0.6 is 22.9 Å². The third kappa shape index (κ3) is 6.24. The summed E-state index contributed by atoms with van der Waals surface area (Å²) >= 11 is 7.76. The first-order chi connectivity index (χ1) is 15.8. The second-order valence-corrected chi connectivity index (χ2v) is 8.67. The maximum atomic E-state index is 12.7. The minimum atomic E-state index is -0.944. The fraction of sp³-hybridized carbons (Fsp3) is 0.292. The fourth-order valence-electron chi connectivity index (χ4n) is 3.15. The first-order valence-electron chi connectivity index (χ1n) is 10.3. The summed E-state index contributed by atoms with van der Waals surface area (Å²) in [5.41, 5.74) is 1.53. The number of esters is 1. The first-order valence-corrected chi connectivity index (χ1v) is 11.5. The summed E-state index contributed by atoms with van der Waals surface area (Å²) in [6.07, 6.45) is 1.84. The van der Waals surface area contributed by atoms with E-state index in [1.165, 1.54) is 35.5 Å². The van der Waals surface area contributed by atoms with Gasteiger partial charge >= 0.3 is 5.97 Å². The Bertz CT molecular complexity index is 1140. The van der Waals surface area contributed by atoms with Crippen LogP contribution < -0.4 is 9.47 Å². The van der Waals surface area contributed by atoms with Crippen molar-refractivity contribution < 1.29 is 23.8 Å². The van der Waals surface area contributed by atoms with Crippen LogP contribution in [0.1, 0.15) is 24.4 Å². The van der Waals surface area contributed by atoms with Gasteiger partial charge in [0.05, 0.1) is 35.5 Å². The van der Waals surface area contributed by atoms with Gasteiger partial charge in [0.15, 0.2) is 17.6 Å². The molecule has 1 unspecified atom stereocenters. The van der Waals surface area contributed by atoms with Crippen LogP contribution in [-0.2, 0) is 20.9 Å². The maximum absolute atomic E-state index is 12.7. The summed E-state index contributed by atoms with van der Waals surface area (Å²) < 4.78 is 17.1. The van der Waals surface area contributed by atoms with Gasteiger partial charge < -0.3 is 19.1 Å². The second kappa shape index (κ2) is 11.2. The van der Waals surface area contributed by atoms with Crippen molar-refractivity contribution in [1.82, 2.24) is 9.88 Å². The predicted octanol–water partition coefficient (Wildman–Crippen LogP) is 4.96. The zero-order valence-electron chi connectivity index (χ0n) is 18.8. The van der Waals surface area contributed by atoms with Crippen LogP contribution in [0.4, 0.5) is 0 Å². The van der Waals surface area contributed by atoms with Crippen molar-refractivity contribution in [3.63, 3.8) is 0 Å². The average Bonchev–Trinajstić information content (AvgIpc) is 3.19. The number of likely N-dealkylation sites (N-methyl/N-ethyl adjacent to an activating group) is 1. The van der Waals surface area contributed by atoms with Gasteiger partial charge in [-0.1, -0.05) is 23.7 Å². The lowest BCUT2D eigenvalue weighted by Crippen LogP contribution is -2.36. The van der Waals surface area contributed by atoms with Gasteiger partial charge in [-0.05, 0) is 49.8 Å². The van der Waals surface area contributed by atoms with Crippen LogP contribution in [0.3, 0.4) is 0 Å². The molecule has 3 aromatic rings. The lowest BCUT2D eigenvalue weighted by molar-refractivity contribution is -0.154. The van der Waals surface area contributed by atoms with Gasteiger partial charge in [-0.15, -0.1) is 11.3 Å². The van der Waals surface area contributed by atoms with Crippen LogP contribution in [0.25, 0.3) is 16.3 Å². The summed E-state index contributed by atoms with van der Waals surface area (Å²) in [5, 5.41) is 1.17. The van der Waals surface area contributed by atoms with Crippen LogP contribution in [0.15, 0.2) is 42.5 Å². The number of thiazole rings is 1. The van der Waals surface area contributed by atoms with Crippen molar-refractivity contribution in [2.75, 3.05) is 20.8 Å². The van der Waals surface area contributed by atoms with E-state index in [0.717, 1.165) is 15.2 Å². The SMILES string of the molecule is CCOc1cc(/C=C/C(=O)OC(C)C(=O)N(C)Cc2nc3ccccc3s2)cc(Cl)c1OC. The summed E-state index contributed by atoms with van der Waals surface area (Å²) in [7, 11) is 3.16. The molecular formula is C24H25ClN2O5S. The Morgan fingerprint density at radius 3 is 2.73 bits per heavy atom. The smallest absolute Gasteiger partial charge is 0.331 e. The lowest BCUT2D eigenvalue weighted by Gasteiger charge is -2.20. The third-order valence-corrected chi connectivity index (χ3v) is 5.98. The predicted molar refractivity (Wildman–Crippen MR) is 130 cm³/mol. The largest absolute Gasteiger partial charge is 0.491 e. The van der Waals surface area contributed by atoms with E-state index in [-0.39, 0.29) is 5.91 Å². The molecule has 33 heavy (non-hydrogen) atoms. The molecule has 9 heteroatoms. The number of halogens is 1. The third-order valence-electron chi connectivity index (χ3n) is 4.68. The van der Waals surface area contributed by atoms with E-state index in [4.69, 9.17) is 25.8 Å². The van der Waals surface area contributed by atoms with Crippen LogP contribution in [0.2, 0.25) is 5.02 Å². The van der Waals surface area contributed by atoms with Crippen molar-refractivity contribution in [2.45, 2.75) is 26.5 Å². The number of para-hydroxylation sites is 1. The Morgan fingerprint density at radius 1 is 1.27 bits per heavy atom. The molecule has 0 bridgehead atoms. The van der Waals surface area contributed by atoms with Gasteiger partial charge in [-0.2, -0.15) is 0 Å². The molecule has 7 nitrogen and oxygen atoms in total. The molecule has 1 amide bonds. The Morgan fingerprint density at radius 2 is 2.03 bits per heavy atom. The first kappa shape index (κ1) is 24.5. The summed E-state index contributed by atoms with van der Waals surface area (Å²) in [4.78, 5) is 31.0. The molecule has 0 fully saturated rings. The van der Waals surface area contributed by atoms with Gasteiger partial charge in [0.1, 0.15) is 5.01 Å². The number of carbonyl (C=O) groups is 2. The van der Waals surface area contributed by atoms with Gasteiger partial charge in [0, 0.05) is 13.1 Å². The van der Waals surface area contributed by atoms with Gasteiger partial charge in [-0.3, -0.25) is 4.79 Å². The Labute approximate surface area is 201 Å². The number of benzene rings is 2. The highest BCUT2D eigenvalue weighted by Crippen LogP contribution is 2.36. The fourth-order valence-corrected chi connectivity index (χ4v) is 4.47. The Hall–Kier alpha value is -3.10. The van der Waals surface area contributed by atoms with Crippen LogP contribution in [0, 0.1) is 0 Å². The van der Waals surface area contributed by atoms with E-state index in [0.29, 0.717) is 35.2 Å². The number of hydrogen-bond donors (Lipinski definition) is 0.